The van der Waals surface area contributed by atoms with Crippen molar-refractivity contribution in [1.29, 1.82) is 0 Å². The molecule has 2 rings (SSSR count). The summed E-state index contributed by atoms with van der Waals surface area (Å²) in [7, 11) is 0. The monoisotopic (exact) mass is 242 g/mol. The van der Waals surface area contributed by atoms with Crippen molar-refractivity contribution < 1.29 is 13.3 Å². The lowest BCUT2D eigenvalue weighted by atomic mass is 10.2. The van der Waals surface area contributed by atoms with Crippen LogP contribution in [0.4, 0.5) is 14.6 Å². The first-order valence-electron chi connectivity index (χ1n) is 4.42. The Morgan fingerprint density at radius 2 is 1.94 bits per heavy atom. The molecule has 0 atom stereocenters. The number of alkyl halides is 2. The lowest BCUT2D eigenvalue weighted by Crippen LogP contribution is -1.81. The molecule has 1 aromatic heterocycles. The molecule has 0 saturated carbocycles. The summed E-state index contributed by atoms with van der Waals surface area (Å²) in [5.41, 5.74) is 6.16. The van der Waals surface area contributed by atoms with Crippen LogP contribution in [-0.2, 0) is 0 Å². The summed E-state index contributed by atoms with van der Waals surface area (Å²) in [4.78, 5) is 0.506. The normalized spacial score (nSPS) is 10.9. The van der Waals surface area contributed by atoms with Gasteiger partial charge in [-0.2, -0.15) is 8.78 Å². The van der Waals surface area contributed by atoms with Crippen LogP contribution in [0.15, 0.2) is 39.8 Å². The van der Waals surface area contributed by atoms with E-state index in [1.165, 1.54) is 0 Å². The number of hydrogen-bond donors (Lipinski definition) is 1. The SMILES string of the molecule is Nc1cc(-c2ccc(SC(F)F)cc2)on1. The van der Waals surface area contributed by atoms with E-state index in [-0.39, 0.29) is 0 Å². The van der Waals surface area contributed by atoms with Crippen molar-refractivity contribution in [1.82, 2.24) is 5.16 Å². The van der Waals surface area contributed by atoms with Gasteiger partial charge in [-0.15, -0.1) is 0 Å². The largest absolute Gasteiger partial charge is 0.381 e. The zero-order valence-electron chi connectivity index (χ0n) is 8.06. The summed E-state index contributed by atoms with van der Waals surface area (Å²) in [5, 5.41) is 3.54. The zero-order valence-corrected chi connectivity index (χ0v) is 8.88. The second-order valence-corrected chi connectivity index (χ2v) is 4.08. The van der Waals surface area contributed by atoms with Crippen LogP contribution >= 0.6 is 11.8 Å². The third-order valence-electron chi connectivity index (χ3n) is 1.89. The topological polar surface area (TPSA) is 52.0 Å². The molecule has 2 aromatic rings. The predicted molar refractivity (Wildman–Crippen MR) is 58.2 cm³/mol. The standard InChI is InChI=1S/C10H8F2N2OS/c11-10(12)16-7-3-1-6(2-4-7)8-5-9(13)14-15-8/h1-5,10H,(H2,13,14). The van der Waals surface area contributed by atoms with Crippen molar-refractivity contribution in [3.63, 3.8) is 0 Å². The van der Waals surface area contributed by atoms with E-state index in [1.807, 2.05) is 0 Å². The first kappa shape index (κ1) is 10.9. The van der Waals surface area contributed by atoms with Gasteiger partial charge in [0.25, 0.3) is 5.76 Å². The molecule has 0 aliphatic rings. The Labute approximate surface area is 94.6 Å². The van der Waals surface area contributed by atoms with E-state index in [0.717, 1.165) is 5.56 Å². The second-order valence-electron chi connectivity index (χ2n) is 3.02. The molecule has 2 N–H and O–H groups in total. The molecule has 0 bridgehead atoms. The van der Waals surface area contributed by atoms with Gasteiger partial charge >= 0.3 is 0 Å². The summed E-state index contributed by atoms with van der Waals surface area (Å²) in [5.74, 6) is -1.60. The van der Waals surface area contributed by atoms with Crippen LogP contribution in [-0.4, -0.2) is 10.9 Å². The van der Waals surface area contributed by atoms with E-state index in [0.29, 0.717) is 28.2 Å². The van der Waals surface area contributed by atoms with Gasteiger partial charge in [-0.05, 0) is 12.1 Å². The molecule has 0 amide bonds. The number of benzene rings is 1. The first-order chi connectivity index (χ1) is 7.65. The minimum absolute atomic E-state index is 0.293. The number of nitrogen functional groups attached to an aromatic ring is 1. The Balaban J connectivity index is 2.19. The number of halogens is 2. The van der Waals surface area contributed by atoms with Gasteiger partial charge in [-0.25, -0.2) is 0 Å². The summed E-state index contributed by atoms with van der Waals surface area (Å²) < 4.78 is 29.1. The number of nitrogens with two attached hydrogens (primary N) is 1. The van der Waals surface area contributed by atoms with Gasteiger partial charge in [0, 0.05) is 16.5 Å². The van der Waals surface area contributed by atoms with Crippen molar-refractivity contribution in [2.24, 2.45) is 0 Å². The van der Waals surface area contributed by atoms with Crippen LogP contribution in [0.5, 0.6) is 0 Å². The maximum absolute atomic E-state index is 12.1. The Morgan fingerprint density at radius 3 is 2.44 bits per heavy atom. The zero-order chi connectivity index (χ0) is 11.5. The van der Waals surface area contributed by atoms with Crippen molar-refractivity contribution in [2.75, 3.05) is 5.73 Å². The van der Waals surface area contributed by atoms with E-state index in [1.54, 1.807) is 30.3 Å². The highest BCUT2D eigenvalue weighted by Gasteiger charge is 2.07. The average Bonchev–Trinajstić information content (AvgIpc) is 2.65. The van der Waals surface area contributed by atoms with E-state index >= 15 is 0 Å². The molecule has 0 fully saturated rings. The van der Waals surface area contributed by atoms with Crippen molar-refractivity contribution in [2.45, 2.75) is 10.7 Å². The molecule has 1 heterocycles. The molecule has 0 aliphatic heterocycles. The number of thioether (sulfide) groups is 1. The fourth-order valence-corrected chi connectivity index (χ4v) is 1.72. The fraction of sp³-hybridized carbons (Fsp3) is 0.100. The number of rotatable bonds is 3. The van der Waals surface area contributed by atoms with Crippen LogP contribution in [0.2, 0.25) is 0 Å². The van der Waals surface area contributed by atoms with Crippen molar-refractivity contribution in [3.05, 3.63) is 30.3 Å². The van der Waals surface area contributed by atoms with Gasteiger partial charge in [0.15, 0.2) is 11.6 Å². The first-order valence-corrected chi connectivity index (χ1v) is 5.30. The third kappa shape index (κ3) is 2.52. The molecule has 1 aromatic carbocycles. The molecule has 3 nitrogen and oxygen atoms in total. The number of anilines is 1. The van der Waals surface area contributed by atoms with Gasteiger partial charge in [-0.3, -0.25) is 0 Å². The average molecular weight is 242 g/mol. The smallest absolute Gasteiger partial charge is 0.288 e. The van der Waals surface area contributed by atoms with Crippen LogP contribution in [0, 0.1) is 0 Å². The maximum Gasteiger partial charge on any atom is 0.288 e. The van der Waals surface area contributed by atoms with Crippen LogP contribution in [0.25, 0.3) is 11.3 Å². The minimum Gasteiger partial charge on any atom is -0.381 e. The lowest BCUT2D eigenvalue weighted by molar-refractivity contribution is 0.252. The third-order valence-corrected chi connectivity index (χ3v) is 2.61. The Bertz CT molecular complexity index is 470. The van der Waals surface area contributed by atoms with Crippen molar-refractivity contribution >= 4 is 17.6 Å². The Kier molecular flexibility index (Phi) is 3.09. The van der Waals surface area contributed by atoms with E-state index < -0.39 is 5.76 Å². The second kappa shape index (κ2) is 4.52. The lowest BCUT2D eigenvalue weighted by Gasteiger charge is -2.00. The molecule has 0 spiro atoms. The summed E-state index contributed by atoms with van der Waals surface area (Å²) in [6.45, 7) is 0. The highest BCUT2D eigenvalue weighted by Crippen LogP contribution is 2.28. The molecule has 16 heavy (non-hydrogen) atoms. The molecule has 0 radical (unpaired) electrons. The molecular weight excluding hydrogens is 234 g/mol. The Morgan fingerprint density at radius 1 is 1.25 bits per heavy atom. The van der Waals surface area contributed by atoms with Crippen LogP contribution in [0.1, 0.15) is 0 Å². The van der Waals surface area contributed by atoms with E-state index in [4.69, 9.17) is 10.3 Å². The molecule has 0 saturated heterocycles. The van der Waals surface area contributed by atoms with Gasteiger partial charge in [0.05, 0.1) is 0 Å². The number of hydrogen-bond acceptors (Lipinski definition) is 4. The van der Waals surface area contributed by atoms with Crippen molar-refractivity contribution in [3.8, 4) is 11.3 Å². The van der Waals surface area contributed by atoms with Crippen LogP contribution < -0.4 is 5.73 Å². The quantitative estimate of drug-likeness (QED) is 0.839. The molecule has 6 heteroatoms. The highest BCUT2D eigenvalue weighted by atomic mass is 32.2. The Hall–Kier alpha value is -1.56. The van der Waals surface area contributed by atoms with Crippen LogP contribution in [0.3, 0.4) is 0 Å². The van der Waals surface area contributed by atoms with E-state index in [2.05, 4.69) is 5.16 Å². The highest BCUT2D eigenvalue weighted by molar-refractivity contribution is 7.99. The number of nitrogens with zero attached hydrogens (tertiary/aromatic N) is 1. The number of aromatic nitrogens is 1. The van der Waals surface area contributed by atoms with Gasteiger partial charge in [0.2, 0.25) is 0 Å². The summed E-state index contributed by atoms with van der Waals surface area (Å²) >= 11 is 0.503. The predicted octanol–water partition coefficient (Wildman–Crippen LogP) is 3.24. The maximum atomic E-state index is 12.1. The van der Waals surface area contributed by atoms with Gasteiger partial charge < -0.3 is 10.3 Å². The molecular formula is C10H8F2N2OS. The fourth-order valence-electron chi connectivity index (χ4n) is 1.23. The minimum atomic E-state index is -2.41. The van der Waals surface area contributed by atoms with Gasteiger partial charge in [-0.1, -0.05) is 29.1 Å². The van der Waals surface area contributed by atoms with Gasteiger partial charge in [0.1, 0.15) is 0 Å². The molecule has 84 valence electrons. The summed E-state index contributed by atoms with van der Waals surface area (Å²) in [6, 6.07) is 8.15. The molecule has 0 aliphatic carbocycles. The summed E-state index contributed by atoms with van der Waals surface area (Å²) in [6.07, 6.45) is 0. The van der Waals surface area contributed by atoms with E-state index in [9.17, 15) is 8.78 Å². The molecule has 0 unspecified atom stereocenters.